The van der Waals surface area contributed by atoms with Gasteiger partial charge < -0.3 is 4.74 Å². The van der Waals surface area contributed by atoms with Crippen LogP contribution in [0.3, 0.4) is 0 Å². The van der Waals surface area contributed by atoms with Crippen LogP contribution in [0.1, 0.15) is 49.4 Å². The molecule has 3 rings (SSSR count). The Morgan fingerprint density at radius 3 is 2.44 bits per heavy atom. The van der Waals surface area contributed by atoms with Crippen molar-refractivity contribution in [2.24, 2.45) is 0 Å². The Balaban J connectivity index is 2.19. The lowest BCUT2D eigenvalue weighted by molar-refractivity contribution is 0.415. The topological polar surface area (TPSA) is 26.5 Å². The summed E-state index contributed by atoms with van der Waals surface area (Å²) < 4.78 is 7.28. The largest absolute Gasteiger partial charge is 0.497 e. The van der Waals surface area contributed by atoms with Crippen LogP contribution in [0.2, 0.25) is 5.02 Å². The number of hydrogen-bond acceptors (Lipinski definition) is 2. The Kier molecular flexibility index (Phi) is 5.05. The van der Waals surface area contributed by atoms with Crippen molar-refractivity contribution in [3.8, 4) is 17.0 Å². The van der Waals surface area contributed by atoms with Crippen molar-refractivity contribution in [2.75, 3.05) is 7.11 Å². The van der Waals surface area contributed by atoms with Gasteiger partial charge in [0.2, 0.25) is 0 Å². The number of aromatic nitrogens is 2. The molecule has 0 unspecified atom stereocenters. The molecule has 0 atom stereocenters. The normalized spacial score (nSPS) is 11.5. The molecule has 0 aliphatic rings. The van der Waals surface area contributed by atoms with Crippen LogP contribution in [0.5, 0.6) is 5.75 Å². The molecule has 3 aromatic rings. The number of methoxy groups -OCH3 is 1. The van der Waals surface area contributed by atoms with Crippen molar-refractivity contribution in [3.05, 3.63) is 52.2 Å². The van der Waals surface area contributed by atoms with E-state index in [4.69, 9.17) is 21.4 Å². The van der Waals surface area contributed by atoms with E-state index in [1.54, 1.807) is 7.11 Å². The molecule has 25 heavy (non-hydrogen) atoms. The molecule has 0 fully saturated rings. The van der Waals surface area contributed by atoms with E-state index >= 15 is 0 Å². The van der Waals surface area contributed by atoms with Gasteiger partial charge in [0.1, 0.15) is 5.75 Å². The minimum absolute atomic E-state index is 0.589. The number of benzene rings is 1. The molecule has 132 valence electrons. The van der Waals surface area contributed by atoms with Crippen LogP contribution < -0.4 is 4.74 Å². The highest BCUT2D eigenvalue weighted by molar-refractivity contribution is 6.33. The fourth-order valence-electron chi connectivity index (χ4n) is 3.52. The number of hydrogen-bond donors (Lipinski definition) is 0. The van der Waals surface area contributed by atoms with E-state index in [0.717, 1.165) is 46.6 Å². The maximum atomic E-state index is 6.48. The second-order valence-corrected chi connectivity index (χ2v) is 6.97. The highest BCUT2D eigenvalue weighted by atomic mass is 35.5. The quantitative estimate of drug-likeness (QED) is 0.545. The van der Waals surface area contributed by atoms with Crippen LogP contribution in [0, 0.1) is 13.8 Å². The maximum absolute atomic E-state index is 6.48. The predicted molar refractivity (Wildman–Crippen MR) is 105 cm³/mol. The third-order valence-corrected chi connectivity index (χ3v) is 5.38. The van der Waals surface area contributed by atoms with E-state index in [9.17, 15) is 0 Å². The van der Waals surface area contributed by atoms with Crippen LogP contribution in [-0.2, 0) is 0 Å². The van der Waals surface area contributed by atoms with Crippen molar-refractivity contribution in [2.45, 2.75) is 46.5 Å². The molecule has 4 heteroatoms. The van der Waals surface area contributed by atoms with Gasteiger partial charge in [-0.3, -0.25) is 0 Å². The van der Waals surface area contributed by atoms with Crippen LogP contribution in [0.4, 0.5) is 0 Å². The van der Waals surface area contributed by atoms with E-state index < -0.39 is 0 Å². The van der Waals surface area contributed by atoms with E-state index in [-0.39, 0.29) is 0 Å². The fraction of sp³-hybridized carbons (Fsp3) is 0.381. The molecule has 2 aromatic heterocycles. The van der Waals surface area contributed by atoms with Crippen LogP contribution >= 0.6 is 11.6 Å². The summed E-state index contributed by atoms with van der Waals surface area (Å²) in [6.07, 6.45) is 2.30. The minimum Gasteiger partial charge on any atom is -0.497 e. The zero-order valence-corrected chi connectivity index (χ0v) is 16.3. The zero-order valence-electron chi connectivity index (χ0n) is 15.6. The summed E-state index contributed by atoms with van der Waals surface area (Å²) in [6.45, 7) is 8.73. The summed E-state index contributed by atoms with van der Waals surface area (Å²) in [7, 11) is 1.64. The Morgan fingerprint density at radius 2 is 1.84 bits per heavy atom. The standard InChI is InChI=1S/C21H25ClN2O/c1-6-15(7-2)16-10-13(3)24-20(11-16)14(4)21(23-24)18-9-8-17(25-5)12-19(18)22/h8-12,15H,6-7H2,1-5H3. The Bertz CT molecular complexity index is 910. The molecule has 0 amide bonds. The zero-order chi connectivity index (χ0) is 18.1. The van der Waals surface area contributed by atoms with E-state index in [2.05, 4.69) is 39.8 Å². The van der Waals surface area contributed by atoms with Crippen LogP contribution in [-0.4, -0.2) is 16.7 Å². The summed E-state index contributed by atoms with van der Waals surface area (Å²) in [5, 5.41) is 5.50. The molecular weight excluding hydrogens is 332 g/mol. The molecule has 0 saturated heterocycles. The van der Waals surface area contributed by atoms with Gasteiger partial charge >= 0.3 is 0 Å². The Hall–Kier alpha value is -2.00. The van der Waals surface area contributed by atoms with E-state index in [0.29, 0.717) is 10.9 Å². The minimum atomic E-state index is 0.589. The first-order valence-electron chi connectivity index (χ1n) is 8.83. The highest BCUT2D eigenvalue weighted by Gasteiger charge is 2.17. The summed E-state index contributed by atoms with van der Waals surface area (Å²) in [5.41, 5.74) is 6.72. The molecule has 2 heterocycles. The summed E-state index contributed by atoms with van der Waals surface area (Å²) in [4.78, 5) is 0. The number of ether oxygens (including phenoxy) is 1. The number of nitrogens with zero attached hydrogens (tertiary/aromatic N) is 2. The smallest absolute Gasteiger partial charge is 0.120 e. The average Bonchev–Trinajstić information content (AvgIpc) is 2.93. The fourth-order valence-corrected chi connectivity index (χ4v) is 3.78. The number of aryl methyl sites for hydroxylation is 2. The number of pyridine rings is 1. The molecule has 0 N–H and O–H groups in total. The monoisotopic (exact) mass is 356 g/mol. The second kappa shape index (κ2) is 7.09. The van der Waals surface area contributed by atoms with Crippen LogP contribution in [0.25, 0.3) is 16.8 Å². The van der Waals surface area contributed by atoms with Gasteiger partial charge in [0.25, 0.3) is 0 Å². The number of rotatable bonds is 5. The highest BCUT2D eigenvalue weighted by Crippen LogP contribution is 2.35. The molecular formula is C21H25ClN2O. The predicted octanol–water partition coefficient (Wildman–Crippen LogP) is 6.18. The first kappa shape index (κ1) is 17.8. The Morgan fingerprint density at radius 1 is 1.12 bits per heavy atom. The van der Waals surface area contributed by atoms with Gasteiger partial charge in [-0.25, -0.2) is 4.52 Å². The first-order chi connectivity index (χ1) is 12.0. The summed E-state index contributed by atoms with van der Waals surface area (Å²) in [5.74, 6) is 1.34. The van der Waals surface area contributed by atoms with Crippen LogP contribution in [0.15, 0.2) is 30.3 Å². The number of fused-ring (bicyclic) bond motifs is 1. The SMILES string of the molecule is CCC(CC)c1cc(C)n2nc(-c3ccc(OC)cc3Cl)c(C)c2c1. The van der Waals surface area contributed by atoms with Gasteiger partial charge in [0, 0.05) is 16.8 Å². The maximum Gasteiger partial charge on any atom is 0.120 e. The van der Waals surface area contributed by atoms with Crippen molar-refractivity contribution in [3.63, 3.8) is 0 Å². The third-order valence-electron chi connectivity index (χ3n) is 5.07. The van der Waals surface area contributed by atoms with Crippen molar-refractivity contribution < 1.29 is 4.74 Å². The molecule has 0 aliphatic carbocycles. The van der Waals surface area contributed by atoms with Gasteiger partial charge in [-0.2, -0.15) is 5.10 Å². The lowest BCUT2D eigenvalue weighted by Gasteiger charge is -2.14. The van der Waals surface area contributed by atoms with Crippen molar-refractivity contribution >= 4 is 17.1 Å². The lowest BCUT2D eigenvalue weighted by Crippen LogP contribution is -2.00. The third kappa shape index (κ3) is 3.13. The molecule has 1 aromatic carbocycles. The molecule has 0 radical (unpaired) electrons. The molecule has 0 aliphatic heterocycles. The second-order valence-electron chi connectivity index (χ2n) is 6.56. The summed E-state index contributed by atoms with van der Waals surface area (Å²) in [6, 6.07) is 10.3. The van der Waals surface area contributed by atoms with Gasteiger partial charge in [0.15, 0.2) is 0 Å². The van der Waals surface area contributed by atoms with Crippen molar-refractivity contribution in [1.82, 2.24) is 9.61 Å². The molecule has 3 nitrogen and oxygen atoms in total. The van der Waals surface area contributed by atoms with E-state index in [1.807, 2.05) is 22.7 Å². The van der Waals surface area contributed by atoms with Gasteiger partial charge in [0.05, 0.1) is 23.3 Å². The molecule has 0 spiro atoms. The average molecular weight is 357 g/mol. The van der Waals surface area contributed by atoms with Crippen molar-refractivity contribution in [1.29, 1.82) is 0 Å². The molecule has 0 bridgehead atoms. The summed E-state index contributed by atoms with van der Waals surface area (Å²) >= 11 is 6.48. The molecule has 0 saturated carbocycles. The van der Waals surface area contributed by atoms with Gasteiger partial charge in [-0.05, 0) is 68.5 Å². The number of halogens is 1. The lowest BCUT2D eigenvalue weighted by atomic mass is 9.93. The van der Waals surface area contributed by atoms with Gasteiger partial charge in [-0.15, -0.1) is 0 Å². The van der Waals surface area contributed by atoms with Gasteiger partial charge in [-0.1, -0.05) is 25.4 Å². The first-order valence-corrected chi connectivity index (χ1v) is 9.21. The Labute approximate surface area is 154 Å². The van der Waals surface area contributed by atoms with E-state index in [1.165, 1.54) is 5.56 Å².